The summed E-state index contributed by atoms with van der Waals surface area (Å²) in [5.41, 5.74) is 0.691. The van der Waals surface area contributed by atoms with Crippen LogP contribution in [0.1, 0.15) is 10.5 Å². The molecule has 0 aliphatic rings. The van der Waals surface area contributed by atoms with Crippen molar-refractivity contribution in [3.63, 3.8) is 0 Å². The van der Waals surface area contributed by atoms with Gasteiger partial charge in [-0.3, -0.25) is 9.59 Å². The maximum absolute atomic E-state index is 12.9. The number of hydrogen-bond donors (Lipinski definition) is 1. The van der Waals surface area contributed by atoms with Gasteiger partial charge in [-0.05, 0) is 48.5 Å². The Labute approximate surface area is 178 Å². The van der Waals surface area contributed by atoms with Crippen LogP contribution in [0.4, 0.5) is 5.69 Å². The van der Waals surface area contributed by atoms with Gasteiger partial charge in [0.1, 0.15) is 11.5 Å². The number of carbonyl (C=O) groups is 1. The molecule has 0 atom stereocenters. The van der Waals surface area contributed by atoms with E-state index in [9.17, 15) is 9.59 Å². The van der Waals surface area contributed by atoms with E-state index >= 15 is 0 Å². The fraction of sp³-hybridized carbons (Fsp3) is 0.0417. The van der Waals surface area contributed by atoms with Gasteiger partial charge in [-0.2, -0.15) is 9.78 Å². The number of hydrogen-bond acceptors (Lipinski definition) is 5. The lowest BCUT2D eigenvalue weighted by atomic mass is 10.2. The number of carbonyl (C=O) groups excluding carboxylic acids is 1. The van der Waals surface area contributed by atoms with Crippen LogP contribution in [-0.2, 0) is 0 Å². The molecule has 0 unspecified atom stereocenters. The standard InChI is InChI=1S/C24H19N3O4/c1-30-21-16-22(28)27(18-8-4-2-5-9-18)26-23(21)24(29)25-17-12-14-20(15-13-17)31-19-10-6-3-7-11-19/h2-16H,1H3,(H,25,29). The van der Waals surface area contributed by atoms with Crippen LogP contribution in [-0.4, -0.2) is 22.8 Å². The summed E-state index contributed by atoms with van der Waals surface area (Å²) >= 11 is 0. The first kappa shape index (κ1) is 19.9. The zero-order valence-electron chi connectivity index (χ0n) is 16.7. The van der Waals surface area contributed by atoms with E-state index in [0.717, 1.165) is 10.4 Å². The summed E-state index contributed by atoms with van der Waals surface area (Å²) in [4.78, 5) is 25.3. The Hall–Kier alpha value is -4.39. The monoisotopic (exact) mass is 413 g/mol. The van der Waals surface area contributed by atoms with Gasteiger partial charge in [0.2, 0.25) is 0 Å². The molecule has 7 heteroatoms. The molecule has 0 aliphatic carbocycles. The van der Waals surface area contributed by atoms with E-state index in [4.69, 9.17) is 9.47 Å². The number of nitrogens with zero attached hydrogens (tertiary/aromatic N) is 2. The molecule has 0 radical (unpaired) electrons. The first-order chi connectivity index (χ1) is 15.1. The molecule has 1 heterocycles. The van der Waals surface area contributed by atoms with Gasteiger partial charge in [-0.15, -0.1) is 0 Å². The Bertz CT molecular complexity index is 1240. The molecule has 3 aromatic carbocycles. The van der Waals surface area contributed by atoms with Crippen molar-refractivity contribution in [1.29, 1.82) is 0 Å². The molecular formula is C24H19N3O4. The first-order valence-electron chi connectivity index (χ1n) is 9.52. The maximum Gasteiger partial charge on any atom is 0.280 e. The second-order valence-corrected chi connectivity index (χ2v) is 6.54. The molecule has 0 saturated heterocycles. The van der Waals surface area contributed by atoms with Crippen LogP contribution in [0.3, 0.4) is 0 Å². The summed E-state index contributed by atoms with van der Waals surface area (Å²) in [6, 6.07) is 26.4. The number of nitrogens with one attached hydrogen (secondary N) is 1. The SMILES string of the molecule is COc1cc(=O)n(-c2ccccc2)nc1C(=O)Nc1ccc(Oc2ccccc2)cc1. The van der Waals surface area contributed by atoms with Crippen LogP contribution < -0.4 is 20.3 Å². The topological polar surface area (TPSA) is 82.5 Å². The second-order valence-electron chi connectivity index (χ2n) is 6.54. The van der Waals surface area contributed by atoms with E-state index in [1.807, 2.05) is 36.4 Å². The third-order valence-electron chi connectivity index (χ3n) is 4.42. The Morgan fingerprint density at radius 1 is 0.871 bits per heavy atom. The molecule has 1 N–H and O–H groups in total. The Morgan fingerprint density at radius 3 is 2.13 bits per heavy atom. The fourth-order valence-electron chi connectivity index (χ4n) is 2.93. The van der Waals surface area contributed by atoms with Crippen molar-refractivity contribution < 1.29 is 14.3 Å². The molecule has 7 nitrogen and oxygen atoms in total. The minimum atomic E-state index is -0.502. The van der Waals surface area contributed by atoms with Crippen molar-refractivity contribution in [3.05, 3.63) is 107 Å². The highest BCUT2D eigenvalue weighted by Gasteiger charge is 2.18. The predicted molar refractivity (Wildman–Crippen MR) is 117 cm³/mol. The largest absolute Gasteiger partial charge is 0.494 e. The highest BCUT2D eigenvalue weighted by Crippen LogP contribution is 2.23. The Balaban J connectivity index is 1.56. The zero-order chi connectivity index (χ0) is 21.6. The summed E-state index contributed by atoms with van der Waals surface area (Å²) in [5, 5.41) is 7.00. The van der Waals surface area contributed by atoms with Crippen LogP contribution in [0.15, 0.2) is 95.8 Å². The third-order valence-corrected chi connectivity index (χ3v) is 4.42. The first-order valence-corrected chi connectivity index (χ1v) is 9.52. The van der Waals surface area contributed by atoms with E-state index in [-0.39, 0.29) is 11.4 Å². The number of benzene rings is 3. The van der Waals surface area contributed by atoms with E-state index in [1.54, 1.807) is 48.5 Å². The van der Waals surface area contributed by atoms with E-state index in [2.05, 4.69) is 10.4 Å². The summed E-state index contributed by atoms with van der Waals surface area (Å²) in [7, 11) is 1.38. The van der Waals surface area contributed by atoms with Gasteiger partial charge >= 0.3 is 0 Å². The van der Waals surface area contributed by atoms with Crippen LogP contribution in [0.25, 0.3) is 5.69 Å². The van der Waals surface area contributed by atoms with Crippen molar-refractivity contribution >= 4 is 11.6 Å². The average molecular weight is 413 g/mol. The molecule has 0 saturated carbocycles. The van der Waals surface area contributed by atoms with Crippen LogP contribution in [0.5, 0.6) is 17.2 Å². The van der Waals surface area contributed by atoms with Gasteiger partial charge in [-0.1, -0.05) is 36.4 Å². The van der Waals surface area contributed by atoms with Crippen LogP contribution in [0, 0.1) is 0 Å². The van der Waals surface area contributed by atoms with Gasteiger partial charge in [0.25, 0.3) is 11.5 Å². The molecule has 4 aromatic rings. The minimum absolute atomic E-state index is 0.00411. The smallest absolute Gasteiger partial charge is 0.280 e. The van der Waals surface area contributed by atoms with Gasteiger partial charge in [-0.25, -0.2) is 0 Å². The molecule has 0 fully saturated rings. The van der Waals surface area contributed by atoms with Gasteiger partial charge in [0, 0.05) is 5.69 Å². The van der Waals surface area contributed by atoms with Gasteiger partial charge in [0.05, 0.1) is 18.9 Å². The van der Waals surface area contributed by atoms with Crippen molar-refractivity contribution in [1.82, 2.24) is 9.78 Å². The lowest BCUT2D eigenvalue weighted by Gasteiger charge is -2.12. The Kier molecular flexibility index (Phi) is 5.75. The number of ether oxygens (including phenoxy) is 2. The van der Waals surface area contributed by atoms with Gasteiger partial charge in [0.15, 0.2) is 11.4 Å². The molecule has 0 aliphatic heterocycles. The zero-order valence-corrected chi connectivity index (χ0v) is 16.7. The lowest BCUT2D eigenvalue weighted by molar-refractivity contribution is 0.101. The van der Waals surface area contributed by atoms with Crippen molar-refractivity contribution in [2.75, 3.05) is 12.4 Å². The average Bonchev–Trinajstić information content (AvgIpc) is 2.81. The van der Waals surface area contributed by atoms with E-state index in [1.165, 1.54) is 13.2 Å². The summed E-state index contributed by atoms with van der Waals surface area (Å²) in [5.74, 6) is 0.950. The number of para-hydroxylation sites is 2. The number of amides is 1. The molecule has 0 spiro atoms. The summed E-state index contributed by atoms with van der Waals surface area (Å²) in [6.07, 6.45) is 0. The minimum Gasteiger partial charge on any atom is -0.494 e. The maximum atomic E-state index is 12.9. The number of rotatable bonds is 6. The lowest BCUT2D eigenvalue weighted by Crippen LogP contribution is -2.26. The molecule has 1 aromatic heterocycles. The van der Waals surface area contributed by atoms with Crippen molar-refractivity contribution in [2.24, 2.45) is 0 Å². The predicted octanol–water partition coefficient (Wildman–Crippen LogP) is 4.29. The molecule has 31 heavy (non-hydrogen) atoms. The molecule has 4 rings (SSSR count). The summed E-state index contributed by atoms with van der Waals surface area (Å²) in [6.45, 7) is 0. The van der Waals surface area contributed by atoms with Gasteiger partial charge < -0.3 is 14.8 Å². The quantitative estimate of drug-likeness (QED) is 0.510. The molecule has 0 bridgehead atoms. The number of aromatic nitrogens is 2. The number of anilines is 1. The third kappa shape index (κ3) is 4.62. The normalized spacial score (nSPS) is 10.4. The highest BCUT2D eigenvalue weighted by molar-refractivity contribution is 6.04. The van der Waals surface area contributed by atoms with E-state index in [0.29, 0.717) is 17.1 Å². The van der Waals surface area contributed by atoms with Crippen LogP contribution >= 0.6 is 0 Å². The second kappa shape index (κ2) is 8.96. The van der Waals surface area contributed by atoms with E-state index < -0.39 is 11.5 Å². The number of methoxy groups -OCH3 is 1. The van der Waals surface area contributed by atoms with Crippen molar-refractivity contribution in [3.8, 4) is 22.9 Å². The Morgan fingerprint density at radius 2 is 1.48 bits per heavy atom. The molecule has 154 valence electrons. The fourth-order valence-corrected chi connectivity index (χ4v) is 2.93. The molecule has 1 amide bonds. The van der Waals surface area contributed by atoms with Crippen LogP contribution in [0.2, 0.25) is 0 Å². The molecular weight excluding hydrogens is 394 g/mol. The summed E-state index contributed by atoms with van der Waals surface area (Å²) < 4.78 is 12.1. The van der Waals surface area contributed by atoms with Crippen molar-refractivity contribution in [2.45, 2.75) is 0 Å². The highest BCUT2D eigenvalue weighted by atomic mass is 16.5.